The van der Waals surface area contributed by atoms with Gasteiger partial charge in [-0.15, -0.1) is 0 Å². The molecule has 5 unspecified atom stereocenters. The van der Waals surface area contributed by atoms with Crippen molar-refractivity contribution in [2.24, 2.45) is 11.8 Å². The Labute approximate surface area is 133 Å². The third kappa shape index (κ3) is 3.45. The number of hydrogen-bond acceptors (Lipinski definition) is 3. The van der Waals surface area contributed by atoms with E-state index in [1.54, 1.807) is 0 Å². The molecule has 3 rings (SSSR count). The van der Waals surface area contributed by atoms with Gasteiger partial charge in [-0.1, -0.05) is 26.7 Å². The van der Waals surface area contributed by atoms with Gasteiger partial charge in [-0.3, -0.25) is 9.59 Å². The molecule has 3 fully saturated rings. The largest absolute Gasteiger partial charge is 0.350 e. The van der Waals surface area contributed by atoms with Crippen LogP contribution in [0.1, 0.15) is 52.4 Å². The van der Waals surface area contributed by atoms with Gasteiger partial charge in [0.1, 0.15) is 0 Å². The number of piperazine rings is 1. The third-order valence-corrected chi connectivity index (χ3v) is 5.43. The van der Waals surface area contributed by atoms with Crippen LogP contribution in [0, 0.1) is 11.8 Å². The Morgan fingerprint density at radius 2 is 1.77 bits per heavy atom. The lowest BCUT2D eigenvalue weighted by Gasteiger charge is -2.41. The highest BCUT2D eigenvalue weighted by molar-refractivity contribution is 5.89. The van der Waals surface area contributed by atoms with Gasteiger partial charge in [0, 0.05) is 25.2 Å². The van der Waals surface area contributed by atoms with Crippen molar-refractivity contribution < 1.29 is 9.59 Å². The molecule has 0 aromatic carbocycles. The number of carbonyl (C=O) groups excluding carboxylic acids is 2. The molecule has 1 aliphatic carbocycles. The van der Waals surface area contributed by atoms with Crippen LogP contribution >= 0.6 is 0 Å². The molecule has 22 heavy (non-hydrogen) atoms. The summed E-state index contributed by atoms with van der Waals surface area (Å²) in [6.07, 6.45) is 6.06. The fourth-order valence-electron chi connectivity index (χ4n) is 4.44. The molecule has 5 atom stereocenters. The van der Waals surface area contributed by atoms with Crippen LogP contribution in [-0.2, 0) is 9.59 Å². The average molecular weight is 307 g/mol. The van der Waals surface area contributed by atoms with Gasteiger partial charge in [0.05, 0.1) is 12.5 Å². The van der Waals surface area contributed by atoms with E-state index in [4.69, 9.17) is 0 Å². The first-order valence-electron chi connectivity index (χ1n) is 8.87. The maximum absolute atomic E-state index is 12.6. The molecular formula is C17H29N3O2. The van der Waals surface area contributed by atoms with Gasteiger partial charge in [0.2, 0.25) is 11.8 Å². The number of nitrogens with one attached hydrogen (secondary N) is 2. The van der Waals surface area contributed by atoms with Crippen molar-refractivity contribution in [3.05, 3.63) is 0 Å². The maximum atomic E-state index is 12.6. The Morgan fingerprint density at radius 1 is 1.14 bits per heavy atom. The lowest BCUT2D eigenvalue weighted by molar-refractivity contribution is -0.138. The van der Waals surface area contributed by atoms with E-state index in [9.17, 15) is 9.59 Å². The van der Waals surface area contributed by atoms with Crippen LogP contribution < -0.4 is 10.6 Å². The summed E-state index contributed by atoms with van der Waals surface area (Å²) >= 11 is 0. The van der Waals surface area contributed by atoms with Crippen molar-refractivity contribution in [2.75, 3.05) is 13.1 Å². The van der Waals surface area contributed by atoms with Crippen LogP contribution in [0.2, 0.25) is 0 Å². The Bertz CT molecular complexity index is 430. The summed E-state index contributed by atoms with van der Waals surface area (Å²) in [5, 5.41) is 6.56. The summed E-state index contributed by atoms with van der Waals surface area (Å²) in [6.45, 7) is 6.08. The van der Waals surface area contributed by atoms with Crippen LogP contribution in [0.4, 0.5) is 0 Å². The lowest BCUT2D eigenvalue weighted by Crippen LogP contribution is -2.65. The molecule has 5 heteroatoms. The Balaban J connectivity index is 1.57. The minimum absolute atomic E-state index is 0.00889. The number of amides is 2. The van der Waals surface area contributed by atoms with Gasteiger partial charge in [-0.2, -0.15) is 0 Å². The van der Waals surface area contributed by atoms with Crippen molar-refractivity contribution in [3.63, 3.8) is 0 Å². The first-order valence-corrected chi connectivity index (χ1v) is 8.87. The van der Waals surface area contributed by atoms with Crippen molar-refractivity contribution >= 4 is 11.8 Å². The second-order valence-electron chi connectivity index (χ2n) is 7.67. The SMILES string of the molecule is CC1CC(C)CN(C(=O)CC2NC3CCCCC3NC2=O)C1. The number of nitrogens with zero attached hydrogens (tertiary/aromatic N) is 1. The van der Waals surface area contributed by atoms with Gasteiger partial charge in [0.25, 0.3) is 0 Å². The summed E-state index contributed by atoms with van der Waals surface area (Å²) in [7, 11) is 0. The van der Waals surface area contributed by atoms with Gasteiger partial charge in [-0.25, -0.2) is 0 Å². The van der Waals surface area contributed by atoms with E-state index < -0.39 is 0 Å². The zero-order valence-corrected chi connectivity index (χ0v) is 13.8. The molecule has 2 saturated heterocycles. The van der Waals surface area contributed by atoms with E-state index in [1.165, 1.54) is 19.3 Å². The minimum atomic E-state index is -0.348. The lowest BCUT2D eigenvalue weighted by atomic mass is 9.87. The maximum Gasteiger partial charge on any atom is 0.237 e. The zero-order valence-electron chi connectivity index (χ0n) is 13.8. The van der Waals surface area contributed by atoms with Gasteiger partial charge < -0.3 is 15.5 Å². The number of carbonyl (C=O) groups is 2. The number of rotatable bonds is 2. The number of piperidine rings is 1. The molecular weight excluding hydrogens is 278 g/mol. The predicted octanol–water partition coefficient (Wildman–Crippen LogP) is 1.28. The molecule has 2 N–H and O–H groups in total. The molecule has 124 valence electrons. The number of likely N-dealkylation sites (tertiary alicyclic amines) is 1. The summed E-state index contributed by atoms with van der Waals surface area (Å²) in [5.41, 5.74) is 0. The topological polar surface area (TPSA) is 61.4 Å². The Kier molecular flexibility index (Phi) is 4.71. The summed E-state index contributed by atoms with van der Waals surface area (Å²) in [5.74, 6) is 1.25. The normalized spacial score (nSPS) is 39.1. The van der Waals surface area contributed by atoms with Crippen molar-refractivity contribution in [2.45, 2.75) is 70.5 Å². The molecule has 0 aromatic heterocycles. The number of fused-ring (bicyclic) bond motifs is 1. The molecule has 5 nitrogen and oxygen atoms in total. The van der Waals surface area contributed by atoms with Crippen LogP contribution in [0.5, 0.6) is 0 Å². The van der Waals surface area contributed by atoms with Gasteiger partial charge in [0.15, 0.2) is 0 Å². The molecule has 2 aliphatic heterocycles. The van der Waals surface area contributed by atoms with Crippen molar-refractivity contribution in [3.8, 4) is 0 Å². The van der Waals surface area contributed by atoms with Crippen molar-refractivity contribution in [1.82, 2.24) is 15.5 Å². The Hall–Kier alpha value is -1.10. The van der Waals surface area contributed by atoms with Crippen LogP contribution in [0.15, 0.2) is 0 Å². The number of hydrogen-bond donors (Lipinski definition) is 2. The van der Waals surface area contributed by atoms with E-state index >= 15 is 0 Å². The van der Waals surface area contributed by atoms with E-state index in [2.05, 4.69) is 24.5 Å². The van der Waals surface area contributed by atoms with Crippen LogP contribution in [-0.4, -0.2) is 47.9 Å². The second-order valence-corrected chi connectivity index (χ2v) is 7.67. The fourth-order valence-corrected chi connectivity index (χ4v) is 4.44. The molecule has 2 heterocycles. The molecule has 0 spiro atoms. The second kappa shape index (κ2) is 6.57. The molecule has 2 amide bonds. The average Bonchev–Trinajstić information content (AvgIpc) is 2.47. The third-order valence-electron chi connectivity index (χ3n) is 5.43. The fraction of sp³-hybridized carbons (Fsp3) is 0.882. The van der Waals surface area contributed by atoms with Crippen molar-refractivity contribution in [1.29, 1.82) is 0 Å². The van der Waals surface area contributed by atoms with E-state index in [0.29, 0.717) is 24.3 Å². The standard InChI is InChI=1S/C17H29N3O2/c1-11-7-12(2)10-20(9-11)16(21)8-15-17(22)19-14-6-4-3-5-13(14)18-15/h11-15,18H,3-10H2,1-2H3,(H,19,22). The highest BCUT2D eigenvalue weighted by Gasteiger charge is 2.38. The molecule has 0 radical (unpaired) electrons. The molecule has 0 aromatic rings. The van der Waals surface area contributed by atoms with Gasteiger partial charge in [-0.05, 0) is 31.1 Å². The molecule has 0 bridgehead atoms. The first kappa shape index (κ1) is 15.8. The van der Waals surface area contributed by atoms with Crippen LogP contribution in [0.3, 0.4) is 0 Å². The smallest absolute Gasteiger partial charge is 0.237 e. The first-order chi connectivity index (χ1) is 10.5. The summed E-state index contributed by atoms with van der Waals surface area (Å²) in [6, 6.07) is 0.269. The predicted molar refractivity (Wildman–Crippen MR) is 85.3 cm³/mol. The van der Waals surface area contributed by atoms with Crippen LogP contribution in [0.25, 0.3) is 0 Å². The quantitative estimate of drug-likeness (QED) is 0.808. The molecule has 3 aliphatic rings. The summed E-state index contributed by atoms with van der Waals surface area (Å²) in [4.78, 5) is 26.8. The Morgan fingerprint density at radius 3 is 2.45 bits per heavy atom. The summed E-state index contributed by atoms with van der Waals surface area (Å²) < 4.78 is 0. The monoisotopic (exact) mass is 307 g/mol. The zero-order chi connectivity index (χ0) is 15.7. The molecule has 1 saturated carbocycles. The minimum Gasteiger partial charge on any atom is -0.350 e. The highest BCUT2D eigenvalue weighted by atomic mass is 16.2. The van der Waals surface area contributed by atoms with E-state index in [1.807, 2.05) is 4.90 Å². The van der Waals surface area contributed by atoms with E-state index in [-0.39, 0.29) is 23.9 Å². The highest BCUT2D eigenvalue weighted by Crippen LogP contribution is 2.24. The van der Waals surface area contributed by atoms with E-state index in [0.717, 1.165) is 25.9 Å². The van der Waals surface area contributed by atoms with Gasteiger partial charge >= 0.3 is 0 Å².